The standard InChI is InChI=1S/C8H10I2/c9-5-7-3-1-2-4-8(7)6-10/h5-6H,1-4H2/b7-5+,8-6+. The van der Waals surface area contributed by atoms with Gasteiger partial charge in [-0.3, -0.25) is 0 Å². The van der Waals surface area contributed by atoms with Gasteiger partial charge in [0.05, 0.1) is 0 Å². The van der Waals surface area contributed by atoms with Crippen molar-refractivity contribution in [1.82, 2.24) is 0 Å². The third kappa shape index (κ3) is 2.22. The molecule has 1 aliphatic carbocycles. The summed E-state index contributed by atoms with van der Waals surface area (Å²) >= 11 is 4.68. The van der Waals surface area contributed by atoms with Crippen molar-refractivity contribution in [2.24, 2.45) is 0 Å². The van der Waals surface area contributed by atoms with Crippen LogP contribution in [0.5, 0.6) is 0 Å². The molecule has 10 heavy (non-hydrogen) atoms. The minimum Gasteiger partial charge on any atom is -0.0527 e. The largest absolute Gasteiger partial charge is 0.0527 e. The Hall–Kier alpha value is 0.940. The van der Waals surface area contributed by atoms with Gasteiger partial charge in [0.15, 0.2) is 0 Å². The van der Waals surface area contributed by atoms with Crippen molar-refractivity contribution < 1.29 is 0 Å². The van der Waals surface area contributed by atoms with Crippen LogP contribution in [-0.2, 0) is 0 Å². The van der Waals surface area contributed by atoms with E-state index in [0.717, 1.165) is 0 Å². The topological polar surface area (TPSA) is 0 Å². The van der Waals surface area contributed by atoms with Crippen LogP contribution in [0.1, 0.15) is 25.7 Å². The summed E-state index contributed by atoms with van der Waals surface area (Å²) in [5, 5.41) is 0. The Kier molecular flexibility index (Phi) is 4.28. The molecule has 0 saturated heterocycles. The number of allylic oxidation sites excluding steroid dienone is 2. The molecule has 0 nitrogen and oxygen atoms in total. The molecule has 0 bridgehead atoms. The Balaban J connectivity index is 2.69. The summed E-state index contributed by atoms with van der Waals surface area (Å²) in [6.45, 7) is 0. The van der Waals surface area contributed by atoms with Gasteiger partial charge in [-0.05, 0) is 45.0 Å². The van der Waals surface area contributed by atoms with Crippen LogP contribution in [0.3, 0.4) is 0 Å². The van der Waals surface area contributed by atoms with Crippen LogP contribution in [0, 0.1) is 0 Å². The van der Waals surface area contributed by atoms with Gasteiger partial charge in [-0.25, -0.2) is 0 Å². The SMILES string of the molecule is I/C=C1\CCCC\C1=C/I. The molecule has 1 rings (SSSR count). The molecule has 0 aliphatic heterocycles. The van der Waals surface area contributed by atoms with Crippen LogP contribution in [0.15, 0.2) is 19.3 Å². The number of rotatable bonds is 0. The molecular weight excluding hydrogens is 350 g/mol. The molecule has 1 fully saturated rings. The van der Waals surface area contributed by atoms with Gasteiger partial charge < -0.3 is 0 Å². The molecule has 0 atom stereocenters. The Bertz CT molecular complexity index is 148. The Morgan fingerprint density at radius 1 is 0.900 bits per heavy atom. The van der Waals surface area contributed by atoms with Gasteiger partial charge in [-0.1, -0.05) is 45.2 Å². The lowest BCUT2D eigenvalue weighted by Gasteiger charge is -2.15. The summed E-state index contributed by atoms with van der Waals surface area (Å²) in [6.07, 6.45) is 5.33. The van der Waals surface area contributed by atoms with E-state index < -0.39 is 0 Å². The molecule has 1 aliphatic rings. The van der Waals surface area contributed by atoms with Crippen molar-refractivity contribution in [1.29, 1.82) is 0 Å². The van der Waals surface area contributed by atoms with E-state index in [0.29, 0.717) is 0 Å². The minimum atomic E-state index is 1.29. The second-order valence-electron chi connectivity index (χ2n) is 2.48. The monoisotopic (exact) mass is 360 g/mol. The van der Waals surface area contributed by atoms with Crippen LogP contribution < -0.4 is 0 Å². The highest BCUT2D eigenvalue weighted by Gasteiger charge is 2.09. The quantitative estimate of drug-likeness (QED) is 0.569. The van der Waals surface area contributed by atoms with Gasteiger partial charge in [0, 0.05) is 0 Å². The van der Waals surface area contributed by atoms with Crippen LogP contribution in [0.4, 0.5) is 0 Å². The maximum Gasteiger partial charge on any atom is -0.0199 e. The van der Waals surface area contributed by atoms with Gasteiger partial charge in [0.1, 0.15) is 0 Å². The predicted molar refractivity (Wildman–Crippen MR) is 62.7 cm³/mol. The van der Waals surface area contributed by atoms with Crippen LogP contribution in [-0.4, -0.2) is 0 Å². The summed E-state index contributed by atoms with van der Waals surface area (Å²) in [7, 11) is 0. The van der Waals surface area contributed by atoms with E-state index >= 15 is 0 Å². The molecule has 56 valence electrons. The van der Waals surface area contributed by atoms with E-state index in [1.165, 1.54) is 25.7 Å². The molecule has 0 aromatic carbocycles. The van der Waals surface area contributed by atoms with Gasteiger partial charge in [0.2, 0.25) is 0 Å². The van der Waals surface area contributed by atoms with Crippen molar-refractivity contribution in [3.05, 3.63) is 19.3 Å². The second-order valence-corrected chi connectivity index (χ2v) is 3.72. The van der Waals surface area contributed by atoms with Crippen LogP contribution >= 0.6 is 45.2 Å². The summed E-state index contributed by atoms with van der Waals surface area (Å²) in [5.41, 5.74) is 3.11. The average molecular weight is 360 g/mol. The Morgan fingerprint density at radius 3 is 1.60 bits per heavy atom. The molecular formula is C8H10I2. The molecule has 0 amide bonds. The van der Waals surface area contributed by atoms with Gasteiger partial charge >= 0.3 is 0 Å². The fourth-order valence-electron chi connectivity index (χ4n) is 1.20. The maximum absolute atomic E-state index is 2.34. The van der Waals surface area contributed by atoms with Crippen molar-refractivity contribution in [3.8, 4) is 0 Å². The third-order valence-corrected chi connectivity index (χ3v) is 3.32. The van der Waals surface area contributed by atoms with Crippen molar-refractivity contribution in [3.63, 3.8) is 0 Å². The maximum atomic E-state index is 2.34. The molecule has 0 unspecified atom stereocenters. The highest BCUT2D eigenvalue weighted by atomic mass is 127. The Morgan fingerprint density at radius 2 is 1.30 bits per heavy atom. The average Bonchev–Trinajstić information content (AvgIpc) is 2.04. The summed E-state index contributed by atoms with van der Waals surface area (Å²) < 4.78 is 4.45. The molecule has 1 saturated carbocycles. The van der Waals surface area contributed by atoms with E-state index in [-0.39, 0.29) is 0 Å². The zero-order valence-electron chi connectivity index (χ0n) is 5.74. The lowest BCUT2D eigenvalue weighted by Crippen LogP contribution is -1.96. The third-order valence-electron chi connectivity index (χ3n) is 1.82. The minimum absolute atomic E-state index is 1.29. The van der Waals surface area contributed by atoms with E-state index in [1.54, 1.807) is 11.1 Å². The first-order chi connectivity index (χ1) is 4.88. The van der Waals surface area contributed by atoms with E-state index in [9.17, 15) is 0 Å². The second kappa shape index (κ2) is 4.74. The molecule has 0 N–H and O–H groups in total. The van der Waals surface area contributed by atoms with Crippen LogP contribution in [0.2, 0.25) is 0 Å². The molecule has 0 aromatic rings. The van der Waals surface area contributed by atoms with Crippen molar-refractivity contribution in [2.45, 2.75) is 25.7 Å². The molecule has 0 radical (unpaired) electrons. The molecule has 2 heteroatoms. The summed E-state index contributed by atoms with van der Waals surface area (Å²) in [6, 6.07) is 0. The lowest BCUT2D eigenvalue weighted by molar-refractivity contribution is 0.682. The lowest BCUT2D eigenvalue weighted by atomic mass is 9.92. The van der Waals surface area contributed by atoms with Crippen molar-refractivity contribution >= 4 is 45.2 Å². The first-order valence-corrected chi connectivity index (χ1v) is 5.96. The highest BCUT2D eigenvalue weighted by Crippen LogP contribution is 2.30. The number of hydrogen-bond donors (Lipinski definition) is 0. The van der Waals surface area contributed by atoms with E-state index in [1.807, 2.05) is 0 Å². The summed E-state index contributed by atoms with van der Waals surface area (Å²) in [4.78, 5) is 0. The fourth-order valence-corrected chi connectivity index (χ4v) is 2.62. The normalized spacial score (nSPS) is 27.8. The molecule has 0 aromatic heterocycles. The first kappa shape index (κ1) is 9.03. The van der Waals surface area contributed by atoms with Gasteiger partial charge in [-0.15, -0.1) is 0 Å². The van der Waals surface area contributed by atoms with E-state index in [4.69, 9.17) is 0 Å². The fraction of sp³-hybridized carbons (Fsp3) is 0.500. The molecule has 0 spiro atoms. The van der Waals surface area contributed by atoms with Gasteiger partial charge in [-0.2, -0.15) is 0 Å². The zero-order chi connectivity index (χ0) is 7.40. The number of hydrogen-bond acceptors (Lipinski definition) is 0. The van der Waals surface area contributed by atoms with Crippen LogP contribution in [0.25, 0.3) is 0 Å². The van der Waals surface area contributed by atoms with Crippen molar-refractivity contribution in [2.75, 3.05) is 0 Å². The van der Waals surface area contributed by atoms with Gasteiger partial charge in [0.25, 0.3) is 0 Å². The zero-order valence-corrected chi connectivity index (χ0v) is 10.1. The summed E-state index contributed by atoms with van der Waals surface area (Å²) in [5.74, 6) is 0. The first-order valence-electron chi connectivity index (χ1n) is 3.47. The predicted octanol–water partition coefficient (Wildman–Crippen LogP) is 4.20. The van der Waals surface area contributed by atoms with E-state index in [2.05, 4.69) is 53.3 Å². The highest BCUT2D eigenvalue weighted by molar-refractivity contribution is 14.1. The molecule has 0 heterocycles. The Labute approximate surface area is 89.4 Å². The number of halogens is 2. The smallest absolute Gasteiger partial charge is 0.0199 e.